The van der Waals surface area contributed by atoms with Gasteiger partial charge in [-0.25, -0.2) is 15.0 Å². The Balaban J connectivity index is 2.12. The van der Waals surface area contributed by atoms with Gasteiger partial charge in [0.05, 0.1) is 9.26 Å². The first kappa shape index (κ1) is 13.8. The van der Waals surface area contributed by atoms with Gasteiger partial charge in [-0.05, 0) is 35.4 Å². The topological polar surface area (TPSA) is 55.6 Å². The SMILES string of the molecule is CNc1nc(-c2nccn2C)nc(C2CCCC2)c1I. The van der Waals surface area contributed by atoms with Crippen LogP contribution in [0, 0.1) is 3.57 Å². The number of aromatic nitrogens is 4. The summed E-state index contributed by atoms with van der Waals surface area (Å²) in [5, 5.41) is 3.19. The first-order valence-corrected chi connectivity index (χ1v) is 8.01. The quantitative estimate of drug-likeness (QED) is 0.828. The van der Waals surface area contributed by atoms with Crippen molar-refractivity contribution in [2.45, 2.75) is 31.6 Å². The molecule has 0 amide bonds. The summed E-state index contributed by atoms with van der Waals surface area (Å²) in [5.74, 6) is 3.00. The van der Waals surface area contributed by atoms with Gasteiger partial charge in [0.2, 0.25) is 0 Å². The minimum Gasteiger partial charge on any atom is -0.372 e. The van der Waals surface area contributed by atoms with Gasteiger partial charge in [0, 0.05) is 32.4 Å². The fourth-order valence-corrected chi connectivity index (χ4v) is 3.73. The second-order valence-corrected chi connectivity index (χ2v) is 6.27. The molecule has 1 fully saturated rings. The van der Waals surface area contributed by atoms with E-state index >= 15 is 0 Å². The number of hydrogen-bond donors (Lipinski definition) is 1. The van der Waals surface area contributed by atoms with Crippen LogP contribution >= 0.6 is 22.6 Å². The lowest BCUT2D eigenvalue weighted by Crippen LogP contribution is -2.09. The van der Waals surface area contributed by atoms with E-state index in [0.29, 0.717) is 11.7 Å². The molecule has 106 valence electrons. The molecule has 2 aromatic rings. The molecule has 3 rings (SSSR count). The third kappa shape index (κ3) is 2.41. The van der Waals surface area contributed by atoms with Gasteiger partial charge in [-0.2, -0.15) is 0 Å². The molecule has 0 unspecified atom stereocenters. The second kappa shape index (κ2) is 5.67. The molecule has 1 N–H and O–H groups in total. The van der Waals surface area contributed by atoms with Crippen molar-refractivity contribution in [2.24, 2.45) is 7.05 Å². The molecule has 0 atom stereocenters. The first-order chi connectivity index (χ1) is 9.70. The van der Waals surface area contributed by atoms with E-state index in [1.165, 1.54) is 31.4 Å². The van der Waals surface area contributed by atoms with Gasteiger partial charge in [-0.3, -0.25) is 0 Å². The Kier molecular flexibility index (Phi) is 3.91. The zero-order valence-corrected chi connectivity index (χ0v) is 13.9. The summed E-state index contributed by atoms with van der Waals surface area (Å²) in [6.07, 6.45) is 8.77. The molecule has 0 radical (unpaired) electrons. The van der Waals surface area contributed by atoms with Crippen LogP contribution in [0.15, 0.2) is 12.4 Å². The maximum Gasteiger partial charge on any atom is 0.198 e. The van der Waals surface area contributed by atoms with Crippen molar-refractivity contribution in [3.8, 4) is 11.6 Å². The number of aryl methyl sites for hydroxylation is 1. The number of rotatable bonds is 3. The highest BCUT2D eigenvalue weighted by Gasteiger charge is 2.24. The fourth-order valence-electron chi connectivity index (χ4n) is 2.78. The van der Waals surface area contributed by atoms with Crippen molar-refractivity contribution in [3.05, 3.63) is 21.7 Å². The minimum absolute atomic E-state index is 0.566. The molecule has 2 heterocycles. The van der Waals surface area contributed by atoms with E-state index in [2.05, 4.69) is 37.9 Å². The number of nitrogens with zero attached hydrogens (tertiary/aromatic N) is 4. The lowest BCUT2D eigenvalue weighted by Gasteiger charge is -2.15. The van der Waals surface area contributed by atoms with Crippen LogP contribution in [0.4, 0.5) is 5.82 Å². The van der Waals surface area contributed by atoms with Crippen LogP contribution in [0.3, 0.4) is 0 Å². The van der Waals surface area contributed by atoms with E-state index in [9.17, 15) is 0 Å². The Labute approximate surface area is 132 Å². The summed E-state index contributed by atoms with van der Waals surface area (Å²) in [6.45, 7) is 0. The molecule has 0 bridgehead atoms. The van der Waals surface area contributed by atoms with Gasteiger partial charge in [-0.15, -0.1) is 0 Å². The van der Waals surface area contributed by atoms with Crippen LogP contribution in [-0.2, 0) is 7.05 Å². The van der Waals surface area contributed by atoms with Crippen LogP contribution in [0.25, 0.3) is 11.6 Å². The normalized spacial score (nSPS) is 15.8. The molecule has 5 nitrogen and oxygen atoms in total. The minimum atomic E-state index is 0.566. The van der Waals surface area contributed by atoms with Crippen LogP contribution < -0.4 is 5.32 Å². The van der Waals surface area contributed by atoms with Crippen LogP contribution in [0.2, 0.25) is 0 Å². The van der Waals surface area contributed by atoms with E-state index in [4.69, 9.17) is 4.98 Å². The summed E-state index contributed by atoms with van der Waals surface area (Å²) in [5.41, 5.74) is 1.18. The standard InChI is InChI=1S/C14H18IN5/c1-16-12-10(15)11(9-5-3-4-6-9)18-13(19-12)14-17-7-8-20(14)2/h7-9H,3-6H2,1-2H3,(H,16,18,19). The predicted octanol–water partition coefficient (Wildman–Crippen LogP) is 3.18. The summed E-state index contributed by atoms with van der Waals surface area (Å²) < 4.78 is 3.11. The average Bonchev–Trinajstić information content (AvgIpc) is 3.10. The van der Waals surface area contributed by atoms with E-state index in [0.717, 1.165) is 15.2 Å². The van der Waals surface area contributed by atoms with Gasteiger partial charge in [0.1, 0.15) is 5.82 Å². The van der Waals surface area contributed by atoms with Crippen molar-refractivity contribution in [2.75, 3.05) is 12.4 Å². The highest BCUT2D eigenvalue weighted by atomic mass is 127. The Hall–Kier alpha value is -1.18. The van der Waals surface area contributed by atoms with E-state index in [1.54, 1.807) is 6.20 Å². The van der Waals surface area contributed by atoms with E-state index in [1.807, 2.05) is 24.9 Å². The second-order valence-electron chi connectivity index (χ2n) is 5.19. The number of hydrogen-bond acceptors (Lipinski definition) is 4. The zero-order valence-electron chi connectivity index (χ0n) is 11.7. The van der Waals surface area contributed by atoms with E-state index < -0.39 is 0 Å². The molecular weight excluding hydrogens is 365 g/mol. The van der Waals surface area contributed by atoms with Crippen molar-refractivity contribution < 1.29 is 0 Å². The zero-order chi connectivity index (χ0) is 14.1. The highest BCUT2D eigenvalue weighted by molar-refractivity contribution is 14.1. The number of nitrogens with one attached hydrogen (secondary N) is 1. The summed E-state index contributed by atoms with van der Waals surface area (Å²) in [7, 11) is 3.88. The average molecular weight is 383 g/mol. The maximum atomic E-state index is 4.82. The molecule has 0 aliphatic heterocycles. The molecule has 0 aromatic carbocycles. The molecule has 0 spiro atoms. The third-order valence-electron chi connectivity index (χ3n) is 3.88. The Bertz CT molecular complexity index is 616. The van der Waals surface area contributed by atoms with Crippen molar-refractivity contribution >= 4 is 28.4 Å². The predicted molar refractivity (Wildman–Crippen MR) is 87.7 cm³/mol. The summed E-state index contributed by atoms with van der Waals surface area (Å²) in [4.78, 5) is 13.8. The maximum absolute atomic E-state index is 4.82. The third-order valence-corrected chi connectivity index (χ3v) is 4.94. The lowest BCUT2D eigenvalue weighted by atomic mass is 10.0. The van der Waals surface area contributed by atoms with Crippen molar-refractivity contribution in [3.63, 3.8) is 0 Å². The fraction of sp³-hybridized carbons (Fsp3) is 0.500. The molecule has 0 saturated heterocycles. The molecule has 1 aliphatic rings. The molecule has 20 heavy (non-hydrogen) atoms. The first-order valence-electron chi connectivity index (χ1n) is 6.93. The van der Waals surface area contributed by atoms with Crippen molar-refractivity contribution in [1.82, 2.24) is 19.5 Å². The number of anilines is 1. The molecule has 1 aliphatic carbocycles. The van der Waals surface area contributed by atoms with Crippen molar-refractivity contribution in [1.29, 1.82) is 0 Å². The van der Waals surface area contributed by atoms with Crippen LogP contribution in [0.1, 0.15) is 37.3 Å². The largest absolute Gasteiger partial charge is 0.372 e. The lowest BCUT2D eigenvalue weighted by molar-refractivity contribution is 0.689. The van der Waals surface area contributed by atoms with Gasteiger partial charge in [0.15, 0.2) is 11.6 Å². The highest BCUT2D eigenvalue weighted by Crippen LogP contribution is 2.37. The van der Waals surface area contributed by atoms with Gasteiger partial charge >= 0.3 is 0 Å². The molecular formula is C14H18IN5. The number of imidazole rings is 1. The molecule has 1 saturated carbocycles. The van der Waals surface area contributed by atoms with Gasteiger partial charge in [-0.1, -0.05) is 12.8 Å². The van der Waals surface area contributed by atoms with E-state index in [-0.39, 0.29) is 0 Å². The smallest absolute Gasteiger partial charge is 0.198 e. The Morgan fingerprint density at radius 1 is 1.30 bits per heavy atom. The van der Waals surface area contributed by atoms with Crippen LogP contribution in [-0.4, -0.2) is 26.6 Å². The Morgan fingerprint density at radius 2 is 2.05 bits per heavy atom. The molecule has 2 aromatic heterocycles. The summed E-state index contributed by atoms with van der Waals surface area (Å²) in [6, 6.07) is 0. The monoisotopic (exact) mass is 383 g/mol. The summed E-state index contributed by atoms with van der Waals surface area (Å²) >= 11 is 2.36. The van der Waals surface area contributed by atoms with Gasteiger partial charge in [0.25, 0.3) is 0 Å². The van der Waals surface area contributed by atoms with Gasteiger partial charge < -0.3 is 9.88 Å². The van der Waals surface area contributed by atoms with Crippen LogP contribution in [0.5, 0.6) is 0 Å². The Morgan fingerprint density at radius 3 is 2.65 bits per heavy atom. The molecule has 6 heteroatoms. The number of halogens is 1.